The van der Waals surface area contributed by atoms with Gasteiger partial charge in [-0.3, -0.25) is 0 Å². The largest absolute Gasteiger partial charge is 0.398 e. The first-order valence-electron chi connectivity index (χ1n) is 5.87. The number of thiophene rings is 1. The van der Waals surface area contributed by atoms with Crippen LogP contribution in [0.25, 0.3) is 0 Å². The summed E-state index contributed by atoms with van der Waals surface area (Å²) in [6.07, 6.45) is 3.23. The highest BCUT2D eigenvalue weighted by Gasteiger charge is 2.39. The maximum atomic E-state index is 12.1. The van der Waals surface area contributed by atoms with Gasteiger partial charge in [-0.2, -0.15) is 0 Å². The summed E-state index contributed by atoms with van der Waals surface area (Å²) >= 11 is 1.15. The van der Waals surface area contributed by atoms with Crippen LogP contribution in [0.4, 0.5) is 5.69 Å². The Morgan fingerprint density at radius 1 is 1.50 bits per heavy atom. The zero-order chi connectivity index (χ0) is 13.4. The highest BCUT2D eigenvalue weighted by Crippen LogP contribution is 2.35. The number of nitrogens with two attached hydrogens (primary N) is 1. The summed E-state index contributed by atoms with van der Waals surface area (Å²) in [5.74, 6) is 0. The van der Waals surface area contributed by atoms with E-state index < -0.39 is 10.0 Å². The summed E-state index contributed by atoms with van der Waals surface area (Å²) in [7, 11) is 0.573. The summed E-state index contributed by atoms with van der Waals surface area (Å²) in [6.45, 7) is 0.458. The van der Waals surface area contributed by atoms with Crippen LogP contribution in [0.15, 0.2) is 15.7 Å². The van der Waals surface area contributed by atoms with E-state index in [4.69, 9.17) is 5.73 Å². The number of nitrogens with one attached hydrogen (secondary N) is 1. The highest BCUT2D eigenvalue weighted by molar-refractivity contribution is 7.91. The molecule has 2 rings (SSSR count). The Hall–Kier alpha value is -0.630. The molecule has 18 heavy (non-hydrogen) atoms. The first kappa shape index (κ1) is 13.8. The SMILES string of the molecule is CN(C)C1(CNS(=O)(=O)c2cc(N)cs2)CCC1. The zero-order valence-corrected chi connectivity index (χ0v) is 12.3. The fourth-order valence-corrected chi connectivity index (χ4v) is 4.38. The van der Waals surface area contributed by atoms with E-state index in [0.717, 1.165) is 30.6 Å². The third kappa shape index (κ3) is 2.54. The van der Waals surface area contributed by atoms with Gasteiger partial charge in [0.05, 0.1) is 0 Å². The maximum absolute atomic E-state index is 12.1. The molecule has 0 atom stereocenters. The van der Waals surface area contributed by atoms with Crippen LogP contribution in [0, 0.1) is 0 Å². The van der Waals surface area contributed by atoms with Crippen LogP contribution in [0.2, 0.25) is 0 Å². The summed E-state index contributed by atoms with van der Waals surface area (Å²) in [4.78, 5) is 2.11. The van der Waals surface area contributed by atoms with Gasteiger partial charge in [0.25, 0.3) is 0 Å². The Labute approximate surface area is 112 Å². The van der Waals surface area contributed by atoms with Crippen molar-refractivity contribution in [2.24, 2.45) is 0 Å². The average molecular weight is 289 g/mol. The fourth-order valence-electron chi connectivity index (χ4n) is 2.14. The van der Waals surface area contributed by atoms with Gasteiger partial charge in [-0.1, -0.05) is 0 Å². The predicted molar refractivity (Wildman–Crippen MR) is 74.2 cm³/mol. The zero-order valence-electron chi connectivity index (χ0n) is 10.6. The minimum absolute atomic E-state index is 0.0180. The molecule has 1 fully saturated rings. The van der Waals surface area contributed by atoms with Gasteiger partial charge in [0.2, 0.25) is 10.0 Å². The Bertz CT molecular complexity index is 518. The van der Waals surface area contributed by atoms with Crippen LogP contribution < -0.4 is 10.5 Å². The number of sulfonamides is 1. The molecule has 0 radical (unpaired) electrons. The van der Waals surface area contributed by atoms with E-state index >= 15 is 0 Å². The standard InChI is InChI=1S/C11H19N3O2S2/c1-14(2)11(4-3-5-11)8-13-18(15,16)10-6-9(12)7-17-10/h6-7,13H,3-5,8,12H2,1-2H3. The molecule has 0 amide bonds. The molecule has 5 nitrogen and oxygen atoms in total. The molecule has 0 saturated heterocycles. The Morgan fingerprint density at radius 2 is 2.17 bits per heavy atom. The summed E-state index contributed by atoms with van der Waals surface area (Å²) < 4.78 is 27.1. The highest BCUT2D eigenvalue weighted by atomic mass is 32.2. The summed E-state index contributed by atoms with van der Waals surface area (Å²) in [5, 5.41) is 1.64. The molecule has 0 bridgehead atoms. The van der Waals surface area contributed by atoms with E-state index in [1.54, 1.807) is 5.38 Å². The van der Waals surface area contributed by atoms with Crippen molar-refractivity contribution in [2.45, 2.75) is 29.0 Å². The van der Waals surface area contributed by atoms with Gasteiger partial charge < -0.3 is 10.6 Å². The van der Waals surface area contributed by atoms with Crippen molar-refractivity contribution < 1.29 is 8.42 Å². The second-order valence-electron chi connectivity index (χ2n) is 5.00. The molecule has 0 aliphatic heterocycles. The van der Waals surface area contributed by atoms with Crippen molar-refractivity contribution in [2.75, 3.05) is 26.4 Å². The van der Waals surface area contributed by atoms with Crippen molar-refractivity contribution >= 4 is 27.0 Å². The van der Waals surface area contributed by atoms with Crippen LogP contribution in [0.1, 0.15) is 19.3 Å². The van der Waals surface area contributed by atoms with Crippen molar-refractivity contribution in [3.05, 3.63) is 11.4 Å². The molecule has 3 N–H and O–H groups in total. The van der Waals surface area contributed by atoms with Crippen molar-refractivity contribution in [3.63, 3.8) is 0 Å². The van der Waals surface area contributed by atoms with Gasteiger partial charge in [0.1, 0.15) is 4.21 Å². The van der Waals surface area contributed by atoms with Crippen LogP contribution in [-0.2, 0) is 10.0 Å². The minimum Gasteiger partial charge on any atom is -0.398 e. The second kappa shape index (κ2) is 4.80. The lowest BCUT2D eigenvalue weighted by Crippen LogP contribution is -2.57. The van der Waals surface area contributed by atoms with Crippen LogP contribution in [0.3, 0.4) is 0 Å². The molecule has 1 heterocycles. The van der Waals surface area contributed by atoms with Gasteiger partial charge >= 0.3 is 0 Å². The van der Waals surface area contributed by atoms with Gasteiger partial charge in [-0.25, -0.2) is 13.1 Å². The number of nitrogens with zero attached hydrogens (tertiary/aromatic N) is 1. The van der Waals surface area contributed by atoms with Crippen molar-refractivity contribution in [1.82, 2.24) is 9.62 Å². The molecule has 1 aromatic heterocycles. The molecule has 0 aromatic carbocycles. The minimum atomic E-state index is -3.42. The van der Waals surface area contributed by atoms with E-state index in [9.17, 15) is 8.42 Å². The number of hydrogen-bond acceptors (Lipinski definition) is 5. The third-order valence-electron chi connectivity index (χ3n) is 3.68. The molecular weight excluding hydrogens is 270 g/mol. The van der Waals surface area contributed by atoms with Gasteiger partial charge in [-0.05, 0) is 39.4 Å². The quantitative estimate of drug-likeness (QED) is 0.851. The smallest absolute Gasteiger partial charge is 0.250 e. The fraction of sp³-hybridized carbons (Fsp3) is 0.636. The second-order valence-corrected chi connectivity index (χ2v) is 7.90. The Balaban J connectivity index is 2.06. The number of nitrogen functional groups attached to an aromatic ring is 1. The molecule has 7 heteroatoms. The lowest BCUT2D eigenvalue weighted by atomic mass is 9.76. The van der Waals surface area contributed by atoms with E-state index in [0.29, 0.717) is 12.2 Å². The van der Waals surface area contributed by atoms with E-state index in [2.05, 4.69) is 9.62 Å². The average Bonchev–Trinajstić information content (AvgIpc) is 2.63. The molecule has 1 aliphatic carbocycles. The number of anilines is 1. The van der Waals surface area contributed by atoms with E-state index in [-0.39, 0.29) is 9.75 Å². The lowest BCUT2D eigenvalue weighted by Gasteiger charge is -2.47. The van der Waals surface area contributed by atoms with Gasteiger partial charge in [-0.15, -0.1) is 11.3 Å². The van der Waals surface area contributed by atoms with Crippen LogP contribution in [-0.4, -0.2) is 39.5 Å². The monoisotopic (exact) mass is 289 g/mol. The normalized spacial score (nSPS) is 18.8. The molecule has 1 saturated carbocycles. The summed E-state index contributed by atoms with van der Waals surface area (Å²) in [6, 6.07) is 1.50. The van der Waals surface area contributed by atoms with Crippen molar-refractivity contribution in [1.29, 1.82) is 0 Å². The molecule has 1 aliphatic rings. The van der Waals surface area contributed by atoms with Gasteiger partial charge in [0.15, 0.2) is 0 Å². The molecule has 1 aromatic rings. The van der Waals surface area contributed by atoms with Crippen molar-refractivity contribution in [3.8, 4) is 0 Å². The molecule has 0 spiro atoms. The topological polar surface area (TPSA) is 75.4 Å². The Morgan fingerprint density at radius 3 is 2.56 bits per heavy atom. The molecule has 0 unspecified atom stereocenters. The predicted octanol–water partition coefficient (Wildman–Crippen LogP) is 1.09. The number of rotatable bonds is 5. The summed E-state index contributed by atoms with van der Waals surface area (Å²) in [5.41, 5.74) is 6.03. The lowest BCUT2D eigenvalue weighted by molar-refractivity contribution is 0.0657. The molecule has 102 valence electrons. The first-order chi connectivity index (χ1) is 8.36. The van der Waals surface area contributed by atoms with Crippen LogP contribution in [0.5, 0.6) is 0 Å². The van der Waals surface area contributed by atoms with Crippen LogP contribution >= 0.6 is 11.3 Å². The number of hydrogen-bond donors (Lipinski definition) is 2. The van der Waals surface area contributed by atoms with Gasteiger partial charge in [0, 0.05) is 23.2 Å². The maximum Gasteiger partial charge on any atom is 0.250 e. The number of likely N-dealkylation sites (N-methyl/N-ethyl adjacent to an activating group) is 1. The first-order valence-corrected chi connectivity index (χ1v) is 8.23. The Kier molecular flexibility index (Phi) is 3.68. The van der Waals surface area contributed by atoms with E-state index in [1.165, 1.54) is 6.07 Å². The van der Waals surface area contributed by atoms with E-state index in [1.807, 2.05) is 14.1 Å². The third-order valence-corrected chi connectivity index (χ3v) is 6.54. The molecular formula is C11H19N3O2S2.